The van der Waals surface area contributed by atoms with Crippen molar-refractivity contribution >= 4 is 38.2 Å². The van der Waals surface area contributed by atoms with E-state index in [1.54, 1.807) is 24.3 Å². The van der Waals surface area contributed by atoms with E-state index in [0.29, 0.717) is 11.3 Å². The lowest BCUT2D eigenvalue weighted by molar-refractivity contribution is -0.120. The predicted octanol–water partition coefficient (Wildman–Crippen LogP) is 3.03. The van der Waals surface area contributed by atoms with Gasteiger partial charge in [0.1, 0.15) is 16.6 Å². The normalized spacial score (nSPS) is 11.3. The minimum atomic E-state index is -4.40. The topological polar surface area (TPSA) is 141 Å². The number of amides is 1. The maximum Gasteiger partial charge on any atom is 0.360 e. The molecule has 0 saturated heterocycles. The second-order valence-corrected chi connectivity index (χ2v) is 11.1. The highest BCUT2D eigenvalue weighted by Gasteiger charge is 2.32. The third-order valence-corrected chi connectivity index (χ3v) is 7.83. The molecule has 3 rings (SSSR count). The average Bonchev–Trinajstić information content (AvgIpc) is 3.36. The Labute approximate surface area is 218 Å². The molecule has 0 fully saturated rings. The van der Waals surface area contributed by atoms with Crippen molar-refractivity contribution in [1.82, 2.24) is 10.4 Å². The Balaban J connectivity index is 2.05. The number of halogens is 1. The van der Waals surface area contributed by atoms with Gasteiger partial charge in [0, 0.05) is 0 Å². The number of nitrogens with one attached hydrogen (secondary N) is 1. The maximum atomic E-state index is 14.8. The zero-order valence-corrected chi connectivity index (χ0v) is 22.1. The minimum Gasteiger partial charge on any atom is -0.497 e. The summed E-state index contributed by atoms with van der Waals surface area (Å²) in [4.78, 5) is 28.0. The first kappa shape index (κ1) is 28.0. The predicted molar refractivity (Wildman–Crippen MR) is 136 cm³/mol. The van der Waals surface area contributed by atoms with E-state index < -0.39 is 27.7 Å². The van der Waals surface area contributed by atoms with Gasteiger partial charge in [-0.3, -0.25) is 14.5 Å². The van der Waals surface area contributed by atoms with Crippen LogP contribution in [0.25, 0.3) is 0 Å². The van der Waals surface area contributed by atoms with E-state index >= 15 is 0 Å². The molecule has 13 heteroatoms. The number of esters is 1. The molecular formula is C24H27FN4O6S2. The lowest BCUT2D eigenvalue weighted by Gasteiger charge is -2.24. The number of aromatic nitrogens is 1. The van der Waals surface area contributed by atoms with Crippen molar-refractivity contribution in [3.05, 3.63) is 70.6 Å². The first-order chi connectivity index (χ1) is 17.6. The summed E-state index contributed by atoms with van der Waals surface area (Å²) >= 11 is 0.937. The van der Waals surface area contributed by atoms with Gasteiger partial charge < -0.3 is 9.47 Å². The number of anilines is 1. The molecule has 3 N–H and O–H groups in total. The van der Waals surface area contributed by atoms with Crippen LogP contribution in [0.1, 0.15) is 35.5 Å². The van der Waals surface area contributed by atoms with Crippen LogP contribution >= 0.6 is 11.3 Å². The Morgan fingerprint density at radius 2 is 1.89 bits per heavy atom. The molecule has 0 radical (unpaired) electrons. The Morgan fingerprint density at radius 3 is 2.49 bits per heavy atom. The van der Waals surface area contributed by atoms with Crippen LogP contribution in [-0.2, 0) is 32.5 Å². The van der Waals surface area contributed by atoms with Crippen LogP contribution in [0.15, 0.2) is 52.9 Å². The third-order valence-electron chi connectivity index (χ3n) is 5.13. The number of rotatable bonds is 11. The van der Waals surface area contributed by atoms with E-state index in [1.807, 2.05) is 19.3 Å². The summed E-state index contributed by atoms with van der Waals surface area (Å²) in [6.45, 7) is 3.68. The van der Waals surface area contributed by atoms with Gasteiger partial charge in [-0.05, 0) is 41.3 Å². The highest BCUT2D eigenvalue weighted by molar-refractivity contribution is 7.93. The summed E-state index contributed by atoms with van der Waals surface area (Å²) in [5.74, 6) is 3.40. The Kier molecular flexibility index (Phi) is 9.18. The number of nitrogens with zero attached hydrogens (tertiary/aromatic N) is 2. The van der Waals surface area contributed by atoms with Gasteiger partial charge in [-0.1, -0.05) is 32.0 Å². The number of ether oxygens (including phenoxy) is 2. The molecule has 0 aliphatic heterocycles. The zero-order valence-electron chi connectivity index (χ0n) is 20.4. The molecule has 1 aromatic heterocycles. The van der Waals surface area contributed by atoms with Crippen LogP contribution in [0.4, 0.5) is 9.39 Å². The molecule has 1 heterocycles. The van der Waals surface area contributed by atoms with Gasteiger partial charge in [-0.15, -0.1) is 11.3 Å². The summed E-state index contributed by atoms with van der Waals surface area (Å²) in [6.07, 6.45) is -0.362. The smallest absolute Gasteiger partial charge is 0.360 e. The van der Waals surface area contributed by atoms with Crippen LogP contribution in [0.2, 0.25) is 0 Å². The standard InChI is InChI=1S/C24H27FN4O6S2/c1-15(2)13-35-24(31)22-23(36-14-27-22)29(12-16-4-7-18(34-3)8-5-16)37(32,33)19-9-6-17(20(25)11-19)10-21(30)28-26/h4-9,11,14-15H,10,12-13,26H2,1-3H3,(H,28,30). The van der Waals surface area contributed by atoms with Gasteiger partial charge in [0.2, 0.25) is 5.91 Å². The van der Waals surface area contributed by atoms with Crippen molar-refractivity contribution in [3.8, 4) is 5.75 Å². The van der Waals surface area contributed by atoms with Crippen LogP contribution in [0.5, 0.6) is 5.75 Å². The number of hydrogen-bond donors (Lipinski definition) is 2. The number of methoxy groups -OCH3 is 1. The molecular weight excluding hydrogens is 523 g/mol. The monoisotopic (exact) mass is 550 g/mol. The summed E-state index contributed by atoms with van der Waals surface area (Å²) in [5.41, 5.74) is 3.63. The second kappa shape index (κ2) is 12.1. The first-order valence-corrected chi connectivity index (χ1v) is 13.4. The first-order valence-electron chi connectivity index (χ1n) is 11.1. The molecule has 0 aliphatic rings. The van der Waals surface area contributed by atoms with Gasteiger partial charge in [0.25, 0.3) is 10.0 Å². The number of sulfonamides is 1. The fourth-order valence-electron chi connectivity index (χ4n) is 3.21. The van der Waals surface area contributed by atoms with Crippen molar-refractivity contribution in [1.29, 1.82) is 0 Å². The Hall–Kier alpha value is -3.55. The molecule has 0 spiro atoms. The average molecular weight is 551 g/mol. The molecule has 0 unspecified atom stereocenters. The van der Waals surface area contributed by atoms with Crippen LogP contribution in [0, 0.1) is 11.7 Å². The van der Waals surface area contributed by atoms with E-state index in [0.717, 1.165) is 21.7 Å². The molecule has 2 aromatic carbocycles. The summed E-state index contributed by atoms with van der Waals surface area (Å²) in [5, 5.41) is 0.0246. The number of thiazole rings is 1. The quantitative estimate of drug-likeness (QED) is 0.161. The van der Waals surface area contributed by atoms with E-state index in [1.165, 1.54) is 24.8 Å². The van der Waals surface area contributed by atoms with E-state index in [2.05, 4.69) is 4.98 Å². The van der Waals surface area contributed by atoms with Gasteiger partial charge in [0.05, 0.1) is 37.1 Å². The molecule has 0 bridgehead atoms. The van der Waals surface area contributed by atoms with Crippen molar-refractivity contribution < 1.29 is 31.9 Å². The number of carbonyl (C=O) groups is 2. The maximum absolute atomic E-state index is 14.8. The van der Waals surface area contributed by atoms with Crippen LogP contribution in [0.3, 0.4) is 0 Å². The Morgan fingerprint density at radius 1 is 1.19 bits per heavy atom. The lowest BCUT2D eigenvalue weighted by Crippen LogP contribution is -2.32. The molecule has 1 amide bonds. The summed E-state index contributed by atoms with van der Waals surface area (Å²) in [6, 6.07) is 9.91. The fourth-order valence-corrected chi connectivity index (χ4v) is 5.70. The minimum absolute atomic E-state index is 0.0246. The number of carbonyl (C=O) groups excluding carboxylic acids is 2. The van der Waals surface area contributed by atoms with Crippen LogP contribution < -0.4 is 20.3 Å². The largest absolute Gasteiger partial charge is 0.497 e. The molecule has 0 saturated carbocycles. The third kappa shape index (κ3) is 6.81. The van der Waals surface area contributed by atoms with E-state index in [-0.39, 0.29) is 46.6 Å². The van der Waals surface area contributed by atoms with Gasteiger partial charge in [-0.25, -0.2) is 28.4 Å². The number of hydrogen-bond acceptors (Lipinski definition) is 9. The second-order valence-electron chi connectivity index (χ2n) is 8.36. The van der Waals surface area contributed by atoms with Crippen molar-refractivity contribution in [2.75, 3.05) is 18.0 Å². The van der Waals surface area contributed by atoms with Gasteiger partial charge >= 0.3 is 5.97 Å². The molecule has 3 aromatic rings. The van der Waals surface area contributed by atoms with Crippen LogP contribution in [-0.4, -0.2) is 39.0 Å². The van der Waals surface area contributed by atoms with E-state index in [4.69, 9.17) is 15.3 Å². The number of nitrogens with two attached hydrogens (primary N) is 1. The van der Waals surface area contributed by atoms with Crippen molar-refractivity contribution in [3.63, 3.8) is 0 Å². The van der Waals surface area contributed by atoms with Crippen molar-refractivity contribution in [2.24, 2.45) is 11.8 Å². The SMILES string of the molecule is COc1ccc(CN(c2scnc2C(=O)OCC(C)C)S(=O)(=O)c2ccc(CC(=O)NN)c(F)c2)cc1. The Bertz CT molecular complexity index is 1360. The molecule has 10 nitrogen and oxygen atoms in total. The number of hydrazine groups is 1. The lowest BCUT2D eigenvalue weighted by atomic mass is 10.1. The molecule has 0 atom stereocenters. The molecule has 37 heavy (non-hydrogen) atoms. The summed E-state index contributed by atoms with van der Waals surface area (Å²) in [7, 11) is -2.89. The number of benzene rings is 2. The van der Waals surface area contributed by atoms with Gasteiger partial charge in [0.15, 0.2) is 5.69 Å². The van der Waals surface area contributed by atoms with E-state index in [9.17, 15) is 22.4 Å². The zero-order chi connectivity index (χ0) is 27.2. The molecule has 0 aliphatic carbocycles. The van der Waals surface area contributed by atoms with Crippen molar-refractivity contribution in [2.45, 2.75) is 31.7 Å². The summed E-state index contributed by atoms with van der Waals surface area (Å²) < 4.78 is 53.8. The highest BCUT2D eigenvalue weighted by Crippen LogP contribution is 2.33. The molecule has 198 valence electrons. The fraction of sp³-hybridized carbons (Fsp3) is 0.292. The highest BCUT2D eigenvalue weighted by atomic mass is 32.2. The van der Waals surface area contributed by atoms with Gasteiger partial charge in [-0.2, -0.15) is 0 Å².